The van der Waals surface area contributed by atoms with Gasteiger partial charge in [0.25, 0.3) is 0 Å². The van der Waals surface area contributed by atoms with Crippen LogP contribution < -0.4 is 0 Å². The molecule has 0 unspecified atom stereocenters. The lowest BCUT2D eigenvalue weighted by Crippen LogP contribution is -2.52. The van der Waals surface area contributed by atoms with Gasteiger partial charge in [-0.3, -0.25) is 4.79 Å². The molecule has 1 N–H and O–H groups in total. The van der Waals surface area contributed by atoms with E-state index in [0.717, 1.165) is 12.0 Å². The summed E-state index contributed by atoms with van der Waals surface area (Å²) in [5, 5.41) is 9.99. The average Bonchev–Trinajstić information content (AvgIpc) is 2.94. The Bertz CT molecular complexity index is 749. The molecule has 132 valence electrons. The molecular weight excluding hydrogens is 328 g/mol. The quantitative estimate of drug-likeness (QED) is 0.875. The fraction of sp³-hybridized carbons (Fsp3) is 0.588. The fourth-order valence-electron chi connectivity index (χ4n) is 3.94. The molecule has 0 aromatic heterocycles. The van der Waals surface area contributed by atoms with Gasteiger partial charge in [-0.15, -0.1) is 0 Å². The molecule has 2 saturated heterocycles. The summed E-state index contributed by atoms with van der Waals surface area (Å²) in [6, 6.07) is 6.88. The second kappa shape index (κ2) is 6.13. The van der Waals surface area contributed by atoms with Gasteiger partial charge in [-0.1, -0.05) is 12.1 Å². The van der Waals surface area contributed by atoms with Crippen molar-refractivity contribution in [2.75, 3.05) is 32.8 Å². The van der Waals surface area contributed by atoms with Gasteiger partial charge in [0.05, 0.1) is 11.5 Å². The highest BCUT2D eigenvalue weighted by molar-refractivity contribution is 7.89. The number of nitrogens with zero attached hydrogens (tertiary/aromatic N) is 2. The molecule has 0 saturated carbocycles. The summed E-state index contributed by atoms with van der Waals surface area (Å²) >= 11 is 0. The standard InChI is InChI=1S/C17H24N2O4S/c1-13-4-3-5-16(8-13)24(22,23)19-9-15-6-7-18(14(2)21)10-17(15,11-19)12-20/h3-5,8,15,20H,6-7,9-12H2,1-2H3/t15-,17+/m0/s1. The lowest BCUT2D eigenvalue weighted by atomic mass is 9.74. The van der Waals surface area contributed by atoms with Gasteiger partial charge in [-0.25, -0.2) is 8.42 Å². The van der Waals surface area contributed by atoms with Crippen LogP contribution >= 0.6 is 0 Å². The summed E-state index contributed by atoms with van der Waals surface area (Å²) in [5.41, 5.74) is 0.341. The maximum atomic E-state index is 13.0. The highest BCUT2D eigenvalue weighted by Gasteiger charge is 2.52. The molecule has 2 aliphatic rings. The van der Waals surface area contributed by atoms with E-state index >= 15 is 0 Å². The van der Waals surface area contributed by atoms with Crippen LogP contribution in [0.2, 0.25) is 0 Å². The number of carbonyl (C=O) groups is 1. The third-order valence-corrected chi connectivity index (χ3v) is 7.23. The van der Waals surface area contributed by atoms with Gasteiger partial charge in [0.1, 0.15) is 0 Å². The third-order valence-electron chi connectivity index (χ3n) is 5.42. The van der Waals surface area contributed by atoms with Crippen LogP contribution in [0.3, 0.4) is 0 Å². The Kier molecular flexibility index (Phi) is 4.44. The number of hydrogen-bond donors (Lipinski definition) is 1. The van der Waals surface area contributed by atoms with Crippen molar-refractivity contribution in [1.29, 1.82) is 0 Å². The number of aliphatic hydroxyl groups excluding tert-OH is 1. The van der Waals surface area contributed by atoms with Crippen LogP contribution in [0.25, 0.3) is 0 Å². The molecule has 1 aromatic rings. The topological polar surface area (TPSA) is 77.9 Å². The summed E-state index contributed by atoms with van der Waals surface area (Å²) in [5.74, 6) is 0.0546. The minimum atomic E-state index is -3.59. The second-order valence-electron chi connectivity index (χ2n) is 7.06. The lowest BCUT2D eigenvalue weighted by molar-refractivity contribution is -0.134. The van der Waals surface area contributed by atoms with Crippen LogP contribution in [0.5, 0.6) is 0 Å². The average molecular weight is 352 g/mol. The van der Waals surface area contributed by atoms with Gasteiger partial charge in [-0.05, 0) is 37.0 Å². The molecule has 2 fully saturated rings. The van der Waals surface area contributed by atoms with E-state index in [1.54, 1.807) is 23.1 Å². The highest BCUT2D eigenvalue weighted by atomic mass is 32.2. The SMILES string of the molecule is CC(=O)N1CC[C@H]2CN(S(=O)(=O)c3cccc(C)c3)C[C@@]2(CO)C1. The fourth-order valence-corrected chi connectivity index (χ4v) is 5.62. The summed E-state index contributed by atoms with van der Waals surface area (Å²) in [4.78, 5) is 13.7. The molecule has 0 spiro atoms. The number of sulfonamides is 1. The van der Waals surface area contributed by atoms with Gasteiger partial charge >= 0.3 is 0 Å². The summed E-state index contributed by atoms with van der Waals surface area (Å²) in [7, 11) is -3.59. The molecule has 0 aliphatic carbocycles. The van der Waals surface area contributed by atoms with Gasteiger partial charge in [0.15, 0.2) is 0 Å². The van der Waals surface area contributed by atoms with Crippen molar-refractivity contribution in [1.82, 2.24) is 9.21 Å². The molecule has 2 heterocycles. The first-order chi connectivity index (χ1) is 11.3. The molecule has 2 atom stereocenters. The molecule has 1 amide bonds. The third kappa shape index (κ3) is 2.85. The van der Waals surface area contributed by atoms with E-state index in [0.29, 0.717) is 19.6 Å². The van der Waals surface area contributed by atoms with Crippen LogP contribution in [0.15, 0.2) is 29.2 Å². The number of aliphatic hydroxyl groups is 1. The first kappa shape index (κ1) is 17.4. The second-order valence-corrected chi connectivity index (χ2v) is 9.00. The predicted molar refractivity (Wildman–Crippen MR) is 89.8 cm³/mol. The molecule has 1 aromatic carbocycles. The minimum absolute atomic E-state index is 0.0266. The maximum absolute atomic E-state index is 13.0. The molecule has 7 heteroatoms. The summed E-state index contributed by atoms with van der Waals surface area (Å²) in [6.45, 7) is 4.98. The Morgan fingerprint density at radius 2 is 2.12 bits per heavy atom. The normalized spacial score (nSPS) is 28.0. The lowest BCUT2D eigenvalue weighted by Gasteiger charge is -2.42. The van der Waals surface area contributed by atoms with Crippen LogP contribution in [0.1, 0.15) is 18.9 Å². The molecule has 0 bridgehead atoms. The van der Waals surface area contributed by atoms with E-state index in [2.05, 4.69) is 0 Å². The molecule has 3 rings (SSSR count). The number of rotatable bonds is 3. The van der Waals surface area contributed by atoms with Crippen molar-refractivity contribution in [3.8, 4) is 0 Å². The van der Waals surface area contributed by atoms with Crippen LogP contribution in [-0.4, -0.2) is 61.4 Å². The summed E-state index contributed by atoms with van der Waals surface area (Å²) in [6.07, 6.45) is 0.722. The number of carbonyl (C=O) groups excluding carboxylic acids is 1. The van der Waals surface area contributed by atoms with Gasteiger partial charge in [0.2, 0.25) is 15.9 Å². The Balaban J connectivity index is 1.89. The number of benzene rings is 1. The van der Waals surface area contributed by atoms with E-state index in [1.165, 1.54) is 11.2 Å². The minimum Gasteiger partial charge on any atom is -0.396 e. The number of amides is 1. The Morgan fingerprint density at radius 1 is 1.38 bits per heavy atom. The number of fused-ring (bicyclic) bond motifs is 1. The van der Waals surface area contributed by atoms with Crippen LogP contribution in [-0.2, 0) is 14.8 Å². The Hall–Kier alpha value is -1.44. The first-order valence-corrected chi connectivity index (χ1v) is 9.66. The monoisotopic (exact) mass is 352 g/mol. The number of piperidine rings is 1. The van der Waals surface area contributed by atoms with Crippen molar-refractivity contribution in [2.24, 2.45) is 11.3 Å². The van der Waals surface area contributed by atoms with E-state index in [1.807, 2.05) is 13.0 Å². The number of likely N-dealkylation sites (tertiary alicyclic amines) is 1. The van der Waals surface area contributed by atoms with Crippen molar-refractivity contribution in [3.05, 3.63) is 29.8 Å². The zero-order chi connectivity index (χ0) is 17.5. The zero-order valence-electron chi connectivity index (χ0n) is 14.1. The predicted octanol–water partition coefficient (Wildman–Crippen LogP) is 0.846. The van der Waals surface area contributed by atoms with Crippen LogP contribution in [0.4, 0.5) is 0 Å². The van der Waals surface area contributed by atoms with E-state index in [-0.39, 0.29) is 29.9 Å². The molecule has 2 aliphatic heterocycles. The smallest absolute Gasteiger partial charge is 0.243 e. The Morgan fingerprint density at radius 3 is 2.75 bits per heavy atom. The van der Waals surface area contributed by atoms with Crippen molar-refractivity contribution >= 4 is 15.9 Å². The van der Waals surface area contributed by atoms with Gasteiger partial charge in [0, 0.05) is 38.5 Å². The van der Waals surface area contributed by atoms with Crippen molar-refractivity contribution in [3.63, 3.8) is 0 Å². The van der Waals surface area contributed by atoms with Crippen LogP contribution in [0, 0.1) is 18.3 Å². The Labute approximate surface area is 143 Å². The van der Waals surface area contributed by atoms with Gasteiger partial charge < -0.3 is 10.0 Å². The van der Waals surface area contributed by atoms with Crippen molar-refractivity contribution in [2.45, 2.75) is 25.2 Å². The van der Waals surface area contributed by atoms with Crippen molar-refractivity contribution < 1.29 is 18.3 Å². The molecule has 24 heavy (non-hydrogen) atoms. The van der Waals surface area contributed by atoms with E-state index in [4.69, 9.17) is 0 Å². The molecule has 6 nitrogen and oxygen atoms in total. The zero-order valence-corrected chi connectivity index (χ0v) is 14.9. The molecule has 0 radical (unpaired) electrons. The first-order valence-electron chi connectivity index (χ1n) is 8.22. The summed E-state index contributed by atoms with van der Waals surface area (Å²) < 4.78 is 27.4. The van der Waals surface area contributed by atoms with E-state index < -0.39 is 15.4 Å². The van der Waals surface area contributed by atoms with E-state index in [9.17, 15) is 18.3 Å². The largest absolute Gasteiger partial charge is 0.396 e. The highest BCUT2D eigenvalue weighted by Crippen LogP contribution is 2.43. The number of hydrogen-bond acceptors (Lipinski definition) is 4. The van der Waals surface area contributed by atoms with Gasteiger partial charge in [-0.2, -0.15) is 4.31 Å². The molecular formula is C17H24N2O4S. The number of aryl methyl sites for hydroxylation is 1. The maximum Gasteiger partial charge on any atom is 0.243 e.